The molecule has 2 fully saturated rings. The molecule has 4 aromatic rings. The van der Waals surface area contributed by atoms with E-state index < -0.39 is 0 Å². The third-order valence-electron chi connectivity index (χ3n) is 7.63. The SMILES string of the molecule is C[C@@H]1C[C@H](C)CN(c2ccc(N3C(=S)N[C@H](c4ccccn4)[C@@H]3c3ccc(-c4ccc(Cl)cc4Cl)o3)cc2Cl)C1. The van der Waals surface area contributed by atoms with Crippen molar-refractivity contribution in [3.63, 3.8) is 0 Å². The Labute approximate surface area is 255 Å². The lowest BCUT2D eigenvalue weighted by Crippen LogP contribution is -2.38. The predicted molar refractivity (Wildman–Crippen MR) is 169 cm³/mol. The van der Waals surface area contributed by atoms with Gasteiger partial charge in [-0.25, -0.2) is 0 Å². The van der Waals surface area contributed by atoms with E-state index in [9.17, 15) is 0 Å². The first-order valence-corrected chi connectivity index (χ1v) is 14.9. The molecule has 40 heavy (non-hydrogen) atoms. The lowest BCUT2D eigenvalue weighted by molar-refractivity contribution is 0.357. The number of nitrogens with one attached hydrogen (secondary N) is 1. The molecule has 2 aliphatic rings. The Bertz CT molecular complexity index is 1530. The predicted octanol–water partition coefficient (Wildman–Crippen LogP) is 8.96. The van der Waals surface area contributed by atoms with Gasteiger partial charge in [-0.1, -0.05) is 54.7 Å². The summed E-state index contributed by atoms with van der Waals surface area (Å²) >= 11 is 25.5. The van der Waals surface area contributed by atoms with Gasteiger partial charge in [0.25, 0.3) is 0 Å². The van der Waals surface area contributed by atoms with Gasteiger partial charge in [-0.15, -0.1) is 0 Å². The van der Waals surface area contributed by atoms with E-state index >= 15 is 0 Å². The second kappa shape index (κ2) is 11.2. The maximum Gasteiger partial charge on any atom is 0.174 e. The molecule has 0 radical (unpaired) electrons. The van der Waals surface area contributed by atoms with Crippen molar-refractivity contribution in [3.8, 4) is 11.3 Å². The van der Waals surface area contributed by atoms with Crippen molar-refractivity contribution >= 4 is 63.5 Å². The average molecular weight is 612 g/mol. The van der Waals surface area contributed by atoms with E-state index in [2.05, 4.69) is 46.1 Å². The molecule has 2 saturated heterocycles. The number of hydrogen-bond donors (Lipinski definition) is 1. The molecule has 4 atom stereocenters. The zero-order valence-electron chi connectivity index (χ0n) is 22.2. The molecule has 0 spiro atoms. The van der Waals surface area contributed by atoms with Crippen LogP contribution in [0.1, 0.15) is 43.8 Å². The summed E-state index contributed by atoms with van der Waals surface area (Å²) in [5, 5.41) is 5.86. The standard InChI is InChI=1S/C31H29Cl3N4OS/c1-18-13-19(2)17-37(16-18)26-9-7-21(15-24(26)34)38-30(29(36-31(38)40)25-5-3-4-12-35-25)28-11-10-27(39-28)22-8-6-20(32)14-23(22)33/h3-12,14-15,18-19,29-30H,13,16-17H2,1-2H3,(H,36,40)/t18-,19+,29-,30+/m1/s1. The van der Waals surface area contributed by atoms with Gasteiger partial charge in [0.1, 0.15) is 17.6 Å². The van der Waals surface area contributed by atoms with E-state index in [1.54, 1.807) is 18.3 Å². The summed E-state index contributed by atoms with van der Waals surface area (Å²) < 4.78 is 6.46. The van der Waals surface area contributed by atoms with Crippen molar-refractivity contribution in [1.29, 1.82) is 0 Å². The minimum atomic E-state index is -0.306. The van der Waals surface area contributed by atoms with Crippen LogP contribution in [-0.2, 0) is 0 Å². The van der Waals surface area contributed by atoms with Gasteiger partial charge in [-0.2, -0.15) is 0 Å². The normalized spacial score (nSPS) is 23.0. The average Bonchev–Trinajstić information content (AvgIpc) is 3.53. The van der Waals surface area contributed by atoms with Crippen molar-refractivity contribution < 1.29 is 4.42 Å². The van der Waals surface area contributed by atoms with E-state index in [4.69, 9.17) is 51.4 Å². The van der Waals surface area contributed by atoms with Crippen molar-refractivity contribution in [3.05, 3.63) is 99.4 Å². The monoisotopic (exact) mass is 610 g/mol. The van der Waals surface area contributed by atoms with Gasteiger partial charge in [0.15, 0.2) is 5.11 Å². The number of benzene rings is 2. The Kier molecular flexibility index (Phi) is 7.71. The van der Waals surface area contributed by atoms with Crippen LogP contribution in [0, 0.1) is 11.8 Å². The van der Waals surface area contributed by atoms with Crippen LogP contribution < -0.4 is 15.1 Å². The van der Waals surface area contributed by atoms with Crippen molar-refractivity contribution in [1.82, 2.24) is 10.3 Å². The van der Waals surface area contributed by atoms with E-state index in [-0.39, 0.29) is 12.1 Å². The number of halogens is 3. The third kappa shape index (κ3) is 5.30. The number of rotatable bonds is 5. The van der Waals surface area contributed by atoms with Gasteiger partial charge >= 0.3 is 0 Å². The lowest BCUT2D eigenvalue weighted by atomic mass is 9.91. The number of furan rings is 1. The van der Waals surface area contributed by atoms with Gasteiger partial charge in [0, 0.05) is 35.6 Å². The topological polar surface area (TPSA) is 44.5 Å². The first-order chi connectivity index (χ1) is 19.3. The molecule has 9 heteroatoms. The Morgan fingerprint density at radius 3 is 2.42 bits per heavy atom. The first-order valence-electron chi connectivity index (χ1n) is 13.4. The minimum Gasteiger partial charge on any atom is -0.459 e. The lowest BCUT2D eigenvalue weighted by Gasteiger charge is -2.37. The Balaban J connectivity index is 1.39. The van der Waals surface area contributed by atoms with Crippen LogP contribution in [0.25, 0.3) is 11.3 Å². The molecule has 2 aromatic carbocycles. The summed E-state index contributed by atoms with van der Waals surface area (Å²) in [7, 11) is 0. The van der Waals surface area contributed by atoms with Crippen molar-refractivity contribution in [2.24, 2.45) is 11.8 Å². The molecule has 0 bridgehead atoms. The van der Waals surface area contributed by atoms with Gasteiger partial charge in [-0.3, -0.25) is 4.98 Å². The number of anilines is 2. The molecule has 0 aliphatic carbocycles. The van der Waals surface area contributed by atoms with E-state index in [1.807, 2.05) is 42.5 Å². The molecule has 5 nitrogen and oxygen atoms in total. The summed E-state index contributed by atoms with van der Waals surface area (Å²) in [6.07, 6.45) is 3.02. The molecule has 2 aliphatic heterocycles. The molecule has 206 valence electrons. The van der Waals surface area contributed by atoms with Gasteiger partial charge in [-0.05, 0) is 91.1 Å². The highest BCUT2D eigenvalue weighted by molar-refractivity contribution is 7.80. The highest BCUT2D eigenvalue weighted by Gasteiger charge is 2.43. The minimum absolute atomic E-state index is 0.240. The number of piperidine rings is 1. The first kappa shape index (κ1) is 27.4. The number of thiocarbonyl (C=S) groups is 1. The highest BCUT2D eigenvalue weighted by Crippen LogP contribution is 2.45. The molecule has 1 N–H and O–H groups in total. The second-order valence-corrected chi connectivity index (χ2v) is 12.4. The fourth-order valence-electron chi connectivity index (χ4n) is 6.03. The van der Waals surface area contributed by atoms with Crippen LogP contribution in [0.4, 0.5) is 11.4 Å². The maximum absolute atomic E-state index is 6.95. The molecule has 6 rings (SSSR count). The van der Waals surface area contributed by atoms with E-state index in [0.717, 1.165) is 41.5 Å². The van der Waals surface area contributed by atoms with Crippen LogP contribution in [-0.4, -0.2) is 23.2 Å². The number of pyridine rings is 1. The van der Waals surface area contributed by atoms with Crippen LogP contribution in [0.5, 0.6) is 0 Å². The van der Waals surface area contributed by atoms with Gasteiger partial charge < -0.3 is 19.5 Å². The quantitative estimate of drug-likeness (QED) is 0.227. The fraction of sp³-hybridized carbons (Fsp3) is 0.290. The molecule has 0 amide bonds. The van der Waals surface area contributed by atoms with E-state index in [1.165, 1.54) is 6.42 Å². The smallest absolute Gasteiger partial charge is 0.174 e. The van der Waals surface area contributed by atoms with Crippen LogP contribution in [0.3, 0.4) is 0 Å². The molecular weight excluding hydrogens is 583 g/mol. The van der Waals surface area contributed by atoms with Gasteiger partial charge in [0.05, 0.1) is 27.5 Å². The second-order valence-electron chi connectivity index (χ2n) is 10.8. The zero-order chi connectivity index (χ0) is 28.0. The molecule has 2 aromatic heterocycles. The highest BCUT2D eigenvalue weighted by atomic mass is 35.5. The largest absolute Gasteiger partial charge is 0.459 e. The Morgan fingerprint density at radius 2 is 1.73 bits per heavy atom. The summed E-state index contributed by atoms with van der Waals surface area (Å²) in [6, 6.07) is 20.8. The number of aromatic nitrogens is 1. The summed E-state index contributed by atoms with van der Waals surface area (Å²) in [5.41, 5.74) is 3.57. The van der Waals surface area contributed by atoms with Gasteiger partial charge in [0.2, 0.25) is 0 Å². The van der Waals surface area contributed by atoms with Crippen LogP contribution in [0.2, 0.25) is 15.1 Å². The van der Waals surface area contributed by atoms with Crippen LogP contribution >= 0.6 is 47.0 Å². The fourth-order valence-corrected chi connectivity index (χ4v) is 7.17. The van der Waals surface area contributed by atoms with Crippen LogP contribution in [0.15, 0.2) is 77.3 Å². The molecule has 0 unspecified atom stereocenters. The zero-order valence-corrected chi connectivity index (χ0v) is 25.2. The molecule has 4 heterocycles. The van der Waals surface area contributed by atoms with Crippen molar-refractivity contribution in [2.75, 3.05) is 22.9 Å². The number of nitrogens with zero attached hydrogens (tertiary/aromatic N) is 3. The Hall–Kier alpha value is -2.77. The summed E-state index contributed by atoms with van der Waals surface area (Å²) in [5.74, 6) is 2.63. The summed E-state index contributed by atoms with van der Waals surface area (Å²) in [6.45, 7) is 6.60. The van der Waals surface area contributed by atoms with E-state index in [0.29, 0.717) is 37.8 Å². The van der Waals surface area contributed by atoms with Crippen molar-refractivity contribution in [2.45, 2.75) is 32.4 Å². The Morgan fingerprint density at radius 1 is 0.925 bits per heavy atom. The molecule has 0 saturated carbocycles. The maximum atomic E-state index is 6.95. The molecular formula is C31H29Cl3N4OS. The summed E-state index contributed by atoms with van der Waals surface area (Å²) in [4.78, 5) is 9.10. The third-order valence-corrected chi connectivity index (χ3v) is 8.80. The number of hydrogen-bond acceptors (Lipinski definition) is 4.